The lowest BCUT2D eigenvalue weighted by atomic mass is 10.1. The first-order valence-corrected chi connectivity index (χ1v) is 10.3. The Balaban J connectivity index is 1.55. The fourth-order valence-electron chi connectivity index (χ4n) is 3.62. The summed E-state index contributed by atoms with van der Waals surface area (Å²) < 4.78 is 5.14. The molecule has 28 heavy (non-hydrogen) atoms. The number of carbonyl (C=O) groups excluding carboxylic acids is 1. The molecular weight excluding hydrogens is 368 g/mol. The molecule has 1 aromatic carbocycles. The Morgan fingerprint density at radius 3 is 2.68 bits per heavy atom. The highest BCUT2D eigenvalue weighted by molar-refractivity contribution is 7.17. The van der Waals surface area contributed by atoms with E-state index < -0.39 is 0 Å². The number of rotatable bonds is 6. The minimum absolute atomic E-state index is 0.0425. The lowest BCUT2D eigenvalue weighted by molar-refractivity contribution is 0.0942. The third-order valence-electron chi connectivity index (χ3n) is 5.31. The maximum Gasteiger partial charge on any atom is 0.268 e. The molecule has 0 aliphatic carbocycles. The molecule has 5 nitrogen and oxygen atoms in total. The second kappa shape index (κ2) is 7.64. The molecule has 6 heteroatoms. The molecule has 0 saturated heterocycles. The van der Waals surface area contributed by atoms with Crippen LogP contribution in [0.3, 0.4) is 0 Å². The molecular formula is C22H24N4OS. The molecule has 1 N–H and O–H groups in total. The SMILES string of the molecule is Cc1nn(C)c(C)c1CNC(=O)c1cc2sccc2n1CCc1ccccc1. The molecule has 0 saturated carbocycles. The van der Waals surface area contributed by atoms with Crippen LogP contribution in [0.4, 0.5) is 0 Å². The van der Waals surface area contributed by atoms with Gasteiger partial charge in [-0.3, -0.25) is 9.48 Å². The molecule has 0 aliphatic heterocycles. The maximum absolute atomic E-state index is 13.0. The van der Waals surface area contributed by atoms with Crippen molar-refractivity contribution in [3.63, 3.8) is 0 Å². The van der Waals surface area contributed by atoms with Crippen molar-refractivity contribution in [2.75, 3.05) is 0 Å². The van der Waals surface area contributed by atoms with E-state index in [1.807, 2.05) is 37.7 Å². The number of nitrogens with one attached hydrogen (secondary N) is 1. The first-order valence-electron chi connectivity index (χ1n) is 9.42. The second-order valence-corrected chi connectivity index (χ2v) is 7.99. The van der Waals surface area contributed by atoms with E-state index >= 15 is 0 Å². The van der Waals surface area contributed by atoms with Crippen LogP contribution in [-0.4, -0.2) is 20.3 Å². The highest BCUT2D eigenvalue weighted by atomic mass is 32.1. The van der Waals surface area contributed by atoms with Crippen molar-refractivity contribution in [3.05, 3.63) is 76.1 Å². The molecule has 3 aromatic heterocycles. The molecule has 0 unspecified atom stereocenters. The van der Waals surface area contributed by atoms with E-state index in [0.717, 1.165) is 45.8 Å². The average molecular weight is 393 g/mol. The van der Waals surface area contributed by atoms with Crippen molar-refractivity contribution >= 4 is 27.5 Å². The van der Waals surface area contributed by atoms with E-state index in [4.69, 9.17) is 0 Å². The van der Waals surface area contributed by atoms with Gasteiger partial charge in [0.25, 0.3) is 5.91 Å². The number of benzene rings is 1. The third-order valence-corrected chi connectivity index (χ3v) is 6.16. The van der Waals surface area contributed by atoms with Gasteiger partial charge in [-0.25, -0.2) is 0 Å². The standard InChI is InChI=1S/C22H24N4OS/c1-15-18(16(2)25(3)24-15)14-23-22(27)20-13-21-19(10-12-28-21)26(20)11-9-17-7-5-4-6-8-17/h4-8,10,12-13H,9,11,14H2,1-3H3,(H,23,27). The lowest BCUT2D eigenvalue weighted by Gasteiger charge is -2.11. The molecule has 0 bridgehead atoms. The number of carbonyl (C=O) groups is 1. The Morgan fingerprint density at radius 1 is 1.18 bits per heavy atom. The van der Waals surface area contributed by atoms with E-state index in [-0.39, 0.29) is 5.91 Å². The zero-order valence-electron chi connectivity index (χ0n) is 16.4. The van der Waals surface area contributed by atoms with E-state index in [2.05, 4.69) is 50.7 Å². The summed E-state index contributed by atoms with van der Waals surface area (Å²) in [6.07, 6.45) is 0.890. The minimum Gasteiger partial charge on any atom is -0.347 e. The molecule has 144 valence electrons. The van der Waals surface area contributed by atoms with Crippen LogP contribution in [0, 0.1) is 13.8 Å². The predicted octanol–water partition coefficient (Wildman–Crippen LogP) is 4.23. The summed E-state index contributed by atoms with van der Waals surface area (Å²) in [7, 11) is 1.93. The van der Waals surface area contributed by atoms with Crippen molar-refractivity contribution in [2.45, 2.75) is 33.4 Å². The molecule has 0 spiro atoms. The normalized spacial score (nSPS) is 11.2. The summed E-state index contributed by atoms with van der Waals surface area (Å²) in [6.45, 7) is 5.27. The average Bonchev–Trinajstić information content (AvgIpc) is 3.34. The summed E-state index contributed by atoms with van der Waals surface area (Å²) in [5.74, 6) is -0.0425. The van der Waals surface area contributed by atoms with Gasteiger partial charge in [-0.2, -0.15) is 5.10 Å². The number of thiophene rings is 1. The highest BCUT2D eigenvalue weighted by Crippen LogP contribution is 2.26. The van der Waals surface area contributed by atoms with Crippen LogP contribution in [0.2, 0.25) is 0 Å². The lowest BCUT2D eigenvalue weighted by Crippen LogP contribution is -2.26. The van der Waals surface area contributed by atoms with Crippen LogP contribution in [-0.2, 0) is 26.6 Å². The van der Waals surface area contributed by atoms with Gasteiger partial charge in [0, 0.05) is 31.4 Å². The van der Waals surface area contributed by atoms with Crippen LogP contribution in [0.5, 0.6) is 0 Å². The number of aromatic nitrogens is 3. The number of fused-ring (bicyclic) bond motifs is 1. The topological polar surface area (TPSA) is 51.9 Å². The summed E-state index contributed by atoms with van der Waals surface area (Å²) in [5.41, 5.74) is 6.24. The summed E-state index contributed by atoms with van der Waals surface area (Å²) in [6, 6.07) is 14.5. The minimum atomic E-state index is -0.0425. The van der Waals surface area contributed by atoms with Gasteiger partial charge in [0.2, 0.25) is 0 Å². The van der Waals surface area contributed by atoms with E-state index in [0.29, 0.717) is 6.54 Å². The second-order valence-electron chi connectivity index (χ2n) is 7.04. The monoisotopic (exact) mass is 392 g/mol. The van der Waals surface area contributed by atoms with E-state index in [9.17, 15) is 4.79 Å². The van der Waals surface area contributed by atoms with Crippen LogP contribution in [0.1, 0.15) is 33.0 Å². The molecule has 0 atom stereocenters. The number of aryl methyl sites for hydroxylation is 4. The Morgan fingerprint density at radius 2 is 1.96 bits per heavy atom. The zero-order chi connectivity index (χ0) is 19.7. The van der Waals surface area contributed by atoms with Gasteiger partial charge in [0.05, 0.1) is 15.9 Å². The van der Waals surface area contributed by atoms with Crippen LogP contribution >= 0.6 is 11.3 Å². The number of amides is 1. The summed E-state index contributed by atoms with van der Waals surface area (Å²) in [5, 5.41) is 9.60. The van der Waals surface area contributed by atoms with Gasteiger partial charge in [0.1, 0.15) is 5.69 Å². The smallest absolute Gasteiger partial charge is 0.268 e. The first-order chi connectivity index (χ1) is 13.5. The Bertz CT molecular complexity index is 1120. The van der Waals surface area contributed by atoms with Crippen LogP contribution < -0.4 is 5.32 Å². The quantitative estimate of drug-likeness (QED) is 0.534. The predicted molar refractivity (Wildman–Crippen MR) is 114 cm³/mol. The van der Waals surface area contributed by atoms with Gasteiger partial charge in [0.15, 0.2) is 0 Å². The Kier molecular flexibility index (Phi) is 5.05. The zero-order valence-corrected chi connectivity index (χ0v) is 17.2. The molecule has 4 aromatic rings. The van der Waals surface area contributed by atoms with Gasteiger partial charge in [-0.15, -0.1) is 11.3 Å². The van der Waals surface area contributed by atoms with Gasteiger partial charge in [-0.05, 0) is 43.3 Å². The van der Waals surface area contributed by atoms with Crippen LogP contribution in [0.15, 0.2) is 47.8 Å². The molecule has 0 radical (unpaired) electrons. The molecule has 0 fully saturated rings. The Labute approximate surface area is 168 Å². The third kappa shape index (κ3) is 3.47. The van der Waals surface area contributed by atoms with E-state index in [1.165, 1.54) is 5.56 Å². The fraction of sp³-hybridized carbons (Fsp3) is 0.273. The first kappa shape index (κ1) is 18.5. The highest BCUT2D eigenvalue weighted by Gasteiger charge is 2.17. The molecule has 1 amide bonds. The van der Waals surface area contributed by atoms with E-state index in [1.54, 1.807) is 11.3 Å². The Hall–Kier alpha value is -2.86. The summed E-state index contributed by atoms with van der Waals surface area (Å²) >= 11 is 1.67. The van der Waals surface area contributed by atoms with Gasteiger partial charge < -0.3 is 9.88 Å². The fourth-order valence-corrected chi connectivity index (χ4v) is 4.45. The summed E-state index contributed by atoms with van der Waals surface area (Å²) in [4.78, 5) is 13.0. The van der Waals surface area contributed by atoms with Crippen molar-refractivity contribution < 1.29 is 4.79 Å². The number of hydrogen-bond acceptors (Lipinski definition) is 3. The van der Waals surface area contributed by atoms with Crippen molar-refractivity contribution in [2.24, 2.45) is 7.05 Å². The van der Waals surface area contributed by atoms with Crippen molar-refractivity contribution in [3.8, 4) is 0 Å². The van der Waals surface area contributed by atoms with Crippen LogP contribution in [0.25, 0.3) is 10.2 Å². The van der Waals surface area contributed by atoms with Crippen molar-refractivity contribution in [1.29, 1.82) is 0 Å². The van der Waals surface area contributed by atoms with Gasteiger partial charge in [-0.1, -0.05) is 30.3 Å². The molecule has 3 heterocycles. The number of hydrogen-bond donors (Lipinski definition) is 1. The largest absolute Gasteiger partial charge is 0.347 e. The maximum atomic E-state index is 13.0. The molecule has 0 aliphatic rings. The molecule has 4 rings (SSSR count). The van der Waals surface area contributed by atoms with Crippen molar-refractivity contribution in [1.82, 2.24) is 19.7 Å². The van der Waals surface area contributed by atoms with Gasteiger partial charge >= 0.3 is 0 Å². The number of nitrogens with zero attached hydrogens (tertiary/aromatic N) is 3.